The van der Waals surface area contributed by atoms with Gasteiger partial charge in [-0.2, -0.15) is 0 Å². The maximum absolute atomic E-state index is 13.2. The highest BCUT2D eigenvalue weighted by atomic mass is 35.5. The van der Waals surface area contributed by atoms with E-state index in [2.05, 4.69) is 14.8 Å². The van der Waals surface area contributed by atoms with Crippen molar-refractivity contribution in [2.24, 2.45) is 0 Å². The Morgan fingerprint density at radius 1 is 1.02 bits per heavy atom. The summed E-state index contributed by atoms with van der Waals surface area (Å²) in [6.07, 6.45) is 0. The molecule has 0 radical (unpaired) electrons. The molecule has 8 nitrogen and oxygen atoms in total. The van der Waals surface area contributed by atoms with Crippen LogP contribution in [0.25, 0.3) is 0 Å². The zero-order valence-corrected chi connectivity index (χ0v) is 25.2. The number of anilines is 1. The third-order valence-electron chi connectivity index (χ3n) is 6.88. The van der Waals surface area contributed by atoms with Gasteiger partial charge in [0, 0.05) is 56.9 Å². The lowest BCUT2D eigenvalue weighted by molar-refractivity contribution is -0.129. The Hall–Kier alpha value is -3.14. The monoisotopic (exact) mass is 580 g/mol. The van der Waals surface area contributed by atoms with E-state index in [1.807, 2.05) is 92.3 Å². The average Bonchev–Trinajstić information content (AvgIpc) is 2.94. The SMILES string of the molecule is Cc1ccc(C(=O)N2CCN(c3cc(Cl)nc(SCC(=O)N(CCN(C)C)Cc4ccccc4)n3)CC2C)cc1. The summed E-state index contributed by atoms with van der Waals surface area (Å²) in [6.45, 7) is 7.86. The first kappa shape index (κ1) is 29.8. The first-order chi connectivity index (χ1) is 19.2. The van der Waals surface area contributed by atoms with Crippen LogP contribution in [0.5, 0.6) is 0 Å². The van der Waals surface area contributed by atoms with E-state index in [1.165, 1.54) is 11.8 Å². The Kier molecular flexibility index (Phi) is 10.4. The smallest absolute Gasteiger partial charge is 0.254 e. The lowest BCUT2D eigenvalue weighted by Crippen LogP contribution is -2.54. The molecule has 2 amide bonds. The third kappa shape index (κ3) is 8.19. The van der Waals surface area contributed by atoms with Crippen molar-refractivity contribution in [3.05, 3.63) is 82.5 Å². The Balaban J connectivity index is 1.39. The molecule has 40 heavy (non-hydrogen) atoms. The number of hydrogen-bond donors (Lipinski definition) is 0. The van der Waals surface area contributed by atoms with E-state index in [4.69, 9.17) is 16.6 Å². The van der Waals surface area contributed by atoms with Gasteiger partial charge in [0.25, 0.3) is 5.91 Å². The topological polar surface area (TPSA) is 72.9 Å². The van der Waals surface area contributed by atoms with E-state index in [9.17, 15) is 9.59 Å². The summed E-state index contributed by atoms with van der Waals surface area (Å²) in [6, 6.07) is 19.4. The largest absolute Gasteiger partial charge is 0.353 e. The molecule has 0 spiro atoms. The second-order valence-electron chi connectivity index (χ2n) is 10.4. The van der Waals surface area contributed by atoms with E-state index >= 15 is 0 Å². The molecule has 1 atom stereocenters. The Morgan fingerprint density at radius 3 is 2.42 bits per heavy atom. The molecular weight excluding hydrogens is 544 g/mol. The van der Waals surface area contributed by atoms with Gasteiger partial charge in [-0.05, 0) is 45.6 Å². The molecule has 1 fully saturated rings. The van der Waals surface area contributed by atoms with Gasteiger partial charge < -0.3 is 19.6 Å². The number of aryl methyl sites for hydroxylation is 1. The molecule has 0 N–H and O–H groups in total. The summed E-state index contributed by atoms with van der Waals surface area (Å²) in [4.78, 5) is 43.4. The Morgan fingerprint density at radius 2 is 1.75 bits per heavy atom. The van der Waals surface area contributed by atoms with Crippen LogP contribution in [0.2, 0.25) is 5.15 Å². The number of carbonyl (C=O) groups is 2. The highest BCUT2D eigenvalue weighted by molar-refractivity contribution is 7.99. The number of nitrogens with zero attached hydrogens (tertiary/aromatic N) is 6. The molecule has 4 rings (SSSR count). The summed E-state index contributed by atoms with van der Waals surface area (Å²) in [5, 5.41) is 0.799. The molecule has 1 aliphatic rings. The number of likely N-dealkylation sites (N-methyl/N-ethyl adjacent to an activating group) is 1. The summed E-state index contributed by atoms with van der Waals surface area (Å²) < 4.78 is 0. The zero-order chi connectivity index (χ0) is 28.6. The highest BCUT2D eigenvalue weighted by Crippen LogP contribution is 2.25. The van der Waals surface area contributed by atoms with E-state index in [0.717, 1.165) is 17.7 Å². The van der Waals surface area contributed by atoms with E-state index in [1.54, 1.807) is 6.07 Å². The van der Waals surface area contributed by atoms with Crippen LogP contribution in [0.3, 0.4) is 0 Å². The van der Waals surface area contributed by atoms with Gasteiger partial charge in [0.15, 0.2) is 5.16 Å². The molecule has 2 heterocycles. The first-order valence-corrected chi connectivity index (χ1v) is 14.8. The molecule has 1 saturated heterocycles. The molecule has 0 bridgehead atoms. The molecule has 0 saturated carbocycles. The fourth-order valence-corrected chi connectivity index (χ4v) is 5.56. The van der Waals surface area contributed by atoms with Crippen molar-refractivity contribution in [2.45, 2.75) is 31.6 Å². The zero-order valence-electron chi connectivity index (χ0n) is 23.6. The van der Waals surface area contributed by atoms with Gasteiger partial charge in [-0.3, -0.25) is 9.59 Å². The predicted molar refractivity (Wildman–Crippen MR) is 162 cm³/mol. The van der Waals surface area contributed by atoms with Crippen molar-refractivity contribution >= 4 is 41.0 Å². The molecule has 1 aliphatic heterocycles. The quantitative estimate of drug-likeness (QED) is 0.199. The van der Waals surface area contributed by atoms with Crippen LogP contribution >= 0.6 is 23.4 Å². The molecular formula is C30H37ClN6O2S. The normalized spacial score (nSPS) is 15.4. The third-order valence-corrected chi connectivity index (χ3v) is 7.91. The number of aromatic nitrogens is 2. The van der Waals surface area contributed by atoms with E-state index in [-0.39, 0.29) is 23.6 Å². The average molecular weight is 581 g/mol. The van der Waals surface area contributed by atoms with E-state index < -0.39 is 0 Å². The van der Waals surface area contributed by atoms with Crippen molar-refractivity contribution in [1.29, 1.82) is 0 Å². The van der Waals surface area contributed by atoms with Gasteiger partial charge in [0.05, 0.1) is 5.75 Å². The van der Waals surface area contributed by atoms with E-state index in [0.29, 0.717) is 54.4 Å². The van der Waals surface area contributed by atoms with Crippen molar-refractivity contribution in [3.63, 3.8) is 0 Å². The molecule has 2 aromatic carbocycles. The number of piperazine rings is 1. The van der Waals surface area contributed by atoms with Crippen LogP contribution in [-0.4, -0.2) is 95.1 Å². The van der Waals surface area contributed by atoms with Crippen LogP contribution in [-0.2, 0) is 11.3 Å². The summed E-state index contributed by atoms with van der Waals surface area (Å²) in [7, 11) is 4.00. The van der Waals surface area contributed by atoms with Crippen molar-refractivity contribution in [3.8, 4) is 0 Å². The Bertz CT molecular complexity index is 1290. The minimum absolute atomic E-state index is 0.00258. The van der Waals surface area contributed by atoms with Gasteiger partial charge in [0.2, 0.25) is 5.91 Å². The molecule has 0 aliphatic carbocycles. The van der Waals surface area contributed by atoms with Gasteiger partial charge in [-0.25, -0.2) is 9.97 Å². The molecule has 1 unspecified atom stereocenters. The molecule has 1 aromatic heterocycles. The van der Waals surface area contributed by atoms with Gasteiger partial charge >= 0.3 is 0 Å². The van der Waals surface area contributed by atoms with Crippen molar-refractivity contribution in [2.75, 3.05) is 57.5 Å². The maximum Gasteiger partial charge on any atom is 0.254 e. The lowest BCUT2D eigenvalue weighted by Gasteiger charge is -2.40. The number of hydrogen-bond acceptors (Lipinski definition) is 7. The number of rotatable bonds is 10. The minimum Gasteiger partial charge on any atom is -0.353 e. The van der Waals surface area contributed by atoms with Crippen LogP contribution in [0.15, 0.2) is 65.8 Å². The first-order valence-electron chi connectivity index (χ1n) is 13.5. The number of amides is 2. The van der Waals surface area contributed by atoms with Crippen LogP contribution < -0.4 is 4.90 Å². The fraction of sp³-hybridized carbons (Fsp3) is 0.400. The summed E-state index contributed by atoms with van der Waals surface area (Å²) in [5.41, 5.74) is 2.92. The van der Waals surface area contributed by atoms with Crippen LogP contribution in [0.4, 0.5) is 5.82 Å². The summed E-state index contributed by atoms with van der Waals surface area (Å²) >= 11 is 7.69. The fourth-order valence-electron chi connectivity index (χ4n) is 4.58. The van der Waals surface area contributed by atoms with Crippen LogP contribution in [0, 0.1) is 6.92 Å². The number of thioether (sulfide) groups is 1. The van der Waals surface area contributed by atoms with Gasteiger partial charge in [0.1, 0.15) is 11.0 Å². The number of halogens is 1. The second kappa shape index (κ2) is 14.0. The van der Waals surface area contributed by atoms with Crippen molar-refractivity contribution < 1.29 is 9.59 Å². The number of carbonyl (C=O) groups excluding carboxylic acids is 2. The summed E-state index contributed by atoms with van der Waals surface area (Å²) in [5.74, 6) is 0.988. The highest BCUT2D eigenvalue weighted by Gasteiger charge is 2.29. The molecule has 10 heteroatoms. The standard InChI is InChI=1S/C30H37ClN6O2S/c1-22-10-12-25(13-11-22)29(39)37-17-16-35(19-23(37)2)27-18-26(31)32-30(33-27)40-21-28(38)36(15-14-34(3)4)20-24-8-6-5-7-9-24/h5-13,18,23H,14-17,19-21H2,1-4H3. The van der Waals surface area contributed by atoms with Crippen molar-refractivity contribution in [1.82, 2.24) is 24.7 Å². The second-order valence-corrected chi connectivity index (χ2v) is 11.7. The molecule has 3 aromatic rings. The maximum atomic E-state index is 13.2. The minimum atomic E-state index is -0.00258. The lowest BCUT2D eigenvalue weighted by atomic mass is 10.1. The predicted octanol–water partition coefficient (Wildman–Crippen LogP) is 4.47. The molecule has 212 valence electrons. The van der Waals surface area contributed by atoms with Gasteiger partial charge in [-0.15, -0.1) is 0 Å². The Labute approximate surface area is 246 Å². The van der Waals surface area contributed by atoms with Crippen LogP contribution in [0.1, 0.15) is 28.4 Å². The van der Waals surface area contributed by atoms with Gasteiger partial charge in [-0.1, -0.05) is 71.4 Å². The number of benzene rings is 2.